The third kappa shape index (κ3) is 3.74. The molecule has 94 valence electrons. The quantitative estimate of drug-likeness (QED) is 0.832. The van der Waals surface area contributed by atoms with Gasteiger partial charge in [-0.3, -0.25) is 0 Å². The van der Waals surface area contributed by atoms with Crippen LogP contribution in [0, 0.1) is 0 Å². The molecule has 0 aliphatic heterocycles. The summed E-state index contributed by atoms with van der Waals surface area (Å²) in [4.78, 5) is 0. The number of hydrogen-bond donors (Lipinski definition) is 1. The Labute approximate surface area is 104 Å². The van der Waals surface area contributed by atoms with Crippen molar-refractivity contribution < 1.29 is 10.1 Å². The molecule has 2 heteroatoms. The maximum Gasteiger partial charge on any atom is 0.128 e. The molecule has 1 aliphatic rings. The molecule has 0 aromatic heterocycles. The zero-order valence-electron chi connectivity index (χ0n) is 10.8. The summed E-state index contributed by atoms with van der Waals surface area (Å²) >= 11 is 0. The highest BCUT2D eigenvalue weighted by atomic mass is 16.5. The summed E-state index contributed by atoms with van der Waals surface area (Å²) in [6.45, 7) is 3.85. The number of rotatable bonds is 5. The van der Waals surface area contributed by atoms with Crippen LogP contribution in [0.2, 0.25) is 0 Å². The van der Waals surface area contributed by atoms with Crippen LogP contribution in [-0.4, -0.2) is 12.6 Å². The summed E-state index contributed by atoms with van der Waals surface area (Å²) < 4.78 is 5.66. The highest BCUT2D eigenvalue weighted by Gasteiger charge is 2.16. The SMILES string of the molecule is CCOc1ccccc1C[NH2+]C1CCCCC1. The Hall–Kier alpha value is -1.02. The Morgan fingerprint density at radius 2 is 1.94 bits per heavy atom. The van der Waals surface area contributed by atoms with Crippen LogP contribution in [-0.2, 0) is 6.54 Å². The van der Waals surface area contributed by atoms with Crippen LogP contribution < -0.4 is 10.1 Å². The predicted molar refractivity (Wildman–Crippen MR) is 70.1 cm³/mol. The molecule has 0 atom stereocenters. The first-order valence-electron chi connectivity index (χ1n) is 6.94. The molecule has 0 spiro atoms. The molecule has 0 radical (unpaired) electrons. The summed E-state index contributed by atoms with van der Waals surface area (Å²) in [5.41, 5.74) is 1.33. The molecule has 2 nitrogen and oxygen atoms in total. The Morgan fingerprint density at radius 3 is 2.71 bits per heavy atom. The fraction of sp³-hybridized carbons (Fsp3) is 0.600. The lowest BCUT2D eigenvalue weighted by Crippen LogP contribution is -2.88. The van der Waals surface area contributed by atoms with E-state index in [1.807, 2.05) is 6.92 Å². The number of ether oxygens (including phenoxy) is 1. The van der Waals surface area contributed by atoms with Gasteiger partial charge in [0.05, 0.1) is 12.6 Å². The first-order valence-corrected chi connectivity index (χ1v) is 6.94. The van der Waals surface area contributed by atoms with Gasteiger partial charge in [-0.15, -0.1) is 0 Å². The van der Waals surface area contributed by atoms with Gasteiger partial charge in [0.2, 0.25) is 0 Å². The van der Waals surface area contributed by atoms with Crippen LogP contribution in [0.25, 0.3) is 0 Å². The van der Waals surface area contributed by atoms with Crippen molar-refractivity contribution in [3.63, 3.8) is 0 Å². The molecule has 1 saturated carbocycles. The molecule has 0 bridgehead atoms. The number of quaternary nitrogens is 1. The topological polar surface area (TPSA) is 25.8 Å². The number of nitrogens with two attached hydrogens (primary N) is 1. The second-order valence-corrected chi connectivity index (χ2v) is 4.88. The zero-order chi connectivity index (χ0) is 11.9. The molecule has 2 N–H and O–H groups in total. The van der Waals surface area contributed by atoms with E-state index >= 15 is 0 Å². The maximum absolute atomic E-state index is 5.66. The average Bonchev–Trinajstić information content (AvgIpc) is 2.39. The molecule has 1 aromatic carbocycles. The largest absolute Gasteiger partial charge is 0.493 e. The lowest BCUT2D eigenvalue weighted by atomic mass is 9.95. The molecule has 1 aromatic rings. The minimum Gasteiger partial charge on any atom is -0.493 e. The van der Waals surface area contributed by atoms with Crippen molar-refractivity contribution in [3.05, 3.63) is 29.8 Å². The van der Waals surface area contributed by atoms with E-state index < -0.39 is 0 Å². The second-order valence-electron chi connectivity index (χ2n) is 4.88. The molecule has 0 unspecified atom stereocenters. The number of hydrogen-bond acceptors (Lipinski definition) is 1. The first kappa shape index (κ1) is 12.4. The molecule has 1 fully saturated rings. The fourth-order valence-corrected chi connectivity index (χ4v) is 2.63. The normalized spacial score (nSPS) is 17.0. The summed E-state index contributed by atoms with van der Waals surface area (Å²) in [6, 6.07) is 9.25. The molecule has 1 aliphatic carbocycles. The molecular formula is C15H24NO+. The minimum absolute atomic E-state index is 0.750. The van der Waals surface area contributed by atoms with E-state index in [2.05, 4.69) is 29.6 Å². The van der Waals surface area contributed by atoms with Gasteiger partial charge in [-0.2, -0.15) is 0 Å². The third-order valence-electron chi connectivity index (χ3n) is 3.59. The zero-order valence-corrected chi connectivity index (χ0v) is 10.8. The highest BCUT2D eigenvalue weighted by molar-refractivity contribution is 5.32. The molecule has 0 amide bonds. The molecule has 0 heterocycles. The van der Waals surface area contributed by atoms with Crippen LogP contribution >= 0.6 is 0 Å². The van der Waals surface area contributed by atoms with Gasteiger partial charge in [0.15, 0.2) is 0 Å². The molecule has 2 rings (SSSR count). The first-order chi connectivity index (χ1) is 8.40. The van der Waals surface area contributed by atoms with Crippen molar-refractivity contribution in [2.45, 2.75) is 51.6 Å². The van der Waals surface area contributed by atoms with Gasteiger partial charge in [0.1, 0.15) is 12.3 Å². The Bertz CT molecular complexity index is 331. The van der Waals surface area contributed by atoms with E-state index in [4.69, 9.17) is 4.74 Å². The van der Waals surface area contributed by atoms with Crippen LogP contribution in [0.15, 0.2) is 24.3 Å². The van der Waals surface area contributed by atoms with Crippen LogP contribution in [0.5, 0.6) is 5.75 Å². The average molecular weight is 234 g/mol. The summed E-state index contributed by atoms with van der Waals surface area (Å²) in [5.74, 6) is 1.06. The summed E-state index contributed by atoms with van der Waals surface area (Å²) in [7, 11) is 0. The Kier molecular flexibility index (Phi) is 4.87. The van der Waals surface area contributed by atoms with Crippen molar-refractivity contribution in [2.24, 2.45) is 0 Å². The van der Waals surface area contributed by atoms with Gasteiger partial charge in [0, 0.05) is 5.56 Å². The Balaban J connectivity index is 1.88. The van der Waals surface area contributed by atoms with E-state index in [9.17, 15) is 0 Å². The molecular weight excluding hydrogens is 210 g/mol. The minimum atomic E-state index is 0.750. The smallest absolute Gasteiger partial charge is 0.128 e. The van der Waals surface area contributed by atoms with Gasteiger partial charge in [-0.25, -0.2) is 0 Å². The summed E-state index contributed by atoms with van der Waals surface area (Å²) in [6.07, 6.45) is 7.02. The predicted octanol–water partition coefficient (Wildman–Crippen LogP) is 2.48. The van der Waals surface area contributed by atoms with Crippen LogP contribution in [0.1, 0.15) is 44.6 Å². The van der Waals surface area contributed by atoms with Crippen LogP contribution in [0.4, 0.5) is 0 Å². The van der Waals surface area contributed by atoms with Crippen molar-refractivity contribution in [1.29, 1.82) is 0 Å². The maximum atomic E-state index is 5.66. The van der Waals surface area contributed by atoms with Gasteiger partial charge in [-0.05, 0) is 44.7 Å². The van der Waals surface area contributed by atoms with E-state index in [0.29, 0.717) is 0 Å². The van der Waals surface area contributed by atoms with E-state index in [0.717, 1.165) is 24.9 Å². The van der Waals surface area contributed by atoms with E-state index in [1.165, 1.54) is 37.7 Å². The lowest BCUT2D eigenvalue weighted by Gasteiger charge is -2.20. The van der Waals surface area contributed by atoms with Gasteiger partial charge in [0.25, 0.3) is 0 Å². The van der Waals surface area contributed by atoms with Crippen molar-refractivity contribution in [2.75, 3.05) is 6.61 Å². The van der Waals surface area contributed by atoms with Gasteiger partial charge < -0.3 is 10.1 Å². The summed E-state index contributed by atoms with van der Waals surface area (Å²) in [5, 5.41) is 2.50. The third-order valence-corrected chi connectivity index (χ3v) is 3.59. The van der Waals surface area contributed by atoms with Crippen LogP contribution in [0.3, 0.4) is 0 Å². The van der Waals surface area contributed by atoms with E-state index in [-0.39, 0.29) is 0 Å². The molecule has 17 heavy (non-hydrogen) atoms. The highest BCUT2D eigenvalue weighted by Crippen LogP contribution is 2.18. The lowest BCUT2D eigenvalue weighted by molar-refractivity contribution is -0.706. The Morgan fingerprint density at radius 1 is 1.18 bits per heavy atom. The van der Waals surface area contributed by atoms with Crippen molar-refractivity contribution in [3.8, 4) is 5.75 Å². The fourth-order valence-electron chi connectivity index (χ4n) is 2.63. The second kappa shape index (κ2) is 6.65. The van der Waals surface area contributed by atoms with E-state index in [1.54, 1.807) is 0 Å². The number of benzene rings is 1. The van der Waals surface area contributed by atoms with Gasteiger partial charge >= 0.3 is 0 Å². The standard InChI is InChI=1S/C15H23NO/c1-2-17-15-11-7-6-8-13(15)12-16-14-9-4-3-5-10-14/h6-8,11,14,16H,2-5,9-10,12H2,1H3/p+1. The number of para-hydroxylation sites is 1. The van der Waals surface area contributed by atoms with Crippen molar-refractivity contribution in [1.82, 2.24) is 0 Å². The molecule has 0 saturated heterocycles. The monoisotopic (exact) mass is 234 g/mol. The van der Waals surface area contributed by atoms with Crippen molar-refractivity contribution >= 4 is 0 Å². The van der Waals surface area contributed by atoms with Gasteiger partial charge in [-0.1, -0.05) is 18.6 Å².